The average molecular weight is 421 g/mol. The third-order valence-electron chi connectivity index (χ3n) is 5.35. The molecule has 1 atom stereocenters. The normalized spacial score (nSPS) is 21.3. The Balaban J connectivity index is 0.00000182. The molecule has 1 N–H and O–H groups in total. The van der Waals surface area contributed by atoms with Crippen LogP contribution >= 0.6 is 24.8 Å². The molecule has 27 heavy (non-hydrogen) atoms. The first-order valence-electron chi connectivity index (χ1n) is 9.37. The second-order valence-corrected chi connectivity index (χ2v) is 6.89. The molecule has 1 amide bonds. The Morgan fingerprint density at radius 1 is 1.15 bits per heavy atom. The minimum atomic E-state index is -0.246. The van der Waals surface area contributed by atoms with Crippen molar-refractivity contribution in [2.24, 2.45) is 0 Å². The quantitative estimate of drug-likeness (QED) is 0.791. The Hall–Kier alpha value is -0.920. The van der Waals surface area contributed by atoms with Crippen LogP contribution in [0.25, 0.3) is 0 Å². The highest BCUT2D eigenvalue weighted by Gasteiger charge is 2.28. The van der Waals surface area contributed by atoms with E-state index >= 15 is 0 Å². The topological polar surface area (TPSA) is 38.8 Å². The van der Waals surface area contributed by atoms with Gasteiger partial charge in [0.25, 0.3) is 0 Å². The fourth-order valence-electron chi connectivity index (χ4n) is 3.74. The van der Waals surface area contributed by atoms with E-state index in [4.69, 9.17) is 0 Å². The van der Waals surface area contributed by atoms with Crippen molar-refractivity contribution in [2.45, 2.75) is 19.4 Å². The molecular weight excluding hydrogens is 390 g/mol. The maximum atomic E-state index is 13.6. The molecule has 0 saturated carbocycles. The first-order valence-corrected chi connectivity index (χ1v) is 9.37. The minimum Gasteiger partial charge on any atom is -0.333 e. The molecule has 1 aromatic carbocycles. The highest BCUT2D eigenvalue weighted by Crippen LogP contribution is 2.23. The van der Waals surface area contributed by atoms with Crippen LogP contribution in [0.3, 0.4) is 0 Å². The minimum absolute atomic E-state index is 0. The number of piperazine rings is 2. The second kappa shape index (κ2) is 11.8. The first kappa shape index (κ1) is 24.1. The summed E-state index contributed by atoms with van der Waals surface area (Å²) in [4.78, 5) is 19.5. The van der Waals surface area contributed by atoms with E-state index in [9.17, 15) is 9.18 Å². The summed E-state index contributed by atoms with van der Waals surface area (Å²) in [6, 6.07) is 6.54. The van der Waals surface area contributed by atoms with Gasteiger partial charge >= 0.3 is 0 Å². The molecule has 2 saturated heterocycles. The van der Waals surface area contributed by atoms with Crippen LogP contribution in [0.15, 0.2) is 24.3 Å². The number of likely N-dealkylation sites (N-methyl/N-ethyl adjacent to an activating group) is 1. The summed E-state index contributed by atoms with van der Waals surface area (Å²) >= 11 is 0. The van der Waals surface area contributed by atoms with Crippen molar-refractivity contribution in [1.29, 1.82) is 0 Å². The Kier molecular flexibility index (Phi) is 10.6. The van der Waals surface area contributed by atoms with E-state index in [1.807, 2.05) is 11.0 Å². The van der Waals surface area contributed by atoms with E-state index in [1.165, 1.54) is 6.07 Å². The van der Waals surface area contributed by atoms with Gasteiger partial charge in [-0.05, 0) is 24.2 Å². The lowest BCUT2D eigenvalue weighted by atomic mass is 10.0. The maximum absolute atomic E-state index is 13.6. The highest BCUT2D eigenvalue weighted by molar-refractivity contribution is 5.85. The molecule has 0 bridgehead atoms. The summed E-state index contributed by atoms with van der Waals surface area (Å²) in [6.45, 7) is 10.5. The van der Waals surface area contributed by atoms with Crippen LogP contribution in [0, 0.1) is 5.82 Å². The number of rotatable bonds is 5. The molecule has 0 radical (unpaired) electrons. The van der Waals surface area contributed by atoms with Crippen LogP contribution in [-0.2, 0) is 4.79 Å². The van der Waals surface area contributed by atoms with Crippen molar-refractivity contribution in [2.75, 3.05) is 58.9 Å². The number of halogens is 3. The van der Waals surface area contributed by atoms with Crippen LogP contribution in [0.2, 0.25) is 0 Å². The largest absolute Gasteiger partial charge is 0.333 e. The predicted octanol–water partition coefficient (Wildman–Crippen LogP) is 2.17. The standard InChI is InChI=1S/C19H29FN4O.2ClH/c1-2-22-10-12-23(13-11-22)8-6-19(25)24-9-7-21-15-18(24)16-4-3-5-17(20)14-16;;/h3-5,14,18,21H,2,6-13,15H2,1H3;2*1H. The molecule has 0 spiro atoms. The van der Waals surface area contributed by atoms with Crippen molar-refractivity contribution in [1.82, 2.24) is 20.0 Å². The third-order valence-corrected chi connectivity index (χ3v) is 5.35. The van der Waals surface area contributed by atoms with E-state index in [-0.39, 0.29) is 42.6 Å². The van der Waals surface area contributed by atoms with Gasteiger partial charge in [0, 0.05) is 58.8 Å². The monoisotopic (exact) mass is 420 g/mol. The third kappa shape index (κ3) is 6.57. The Morgan fingerprint density at radius 2 is 1.85 bits per heavy atom. The van der Waals surface area contributed by atoms with E-state index in [0.717, 1.165) is 51.4 Å². The van der Waals surface area contributed by atoms with Crippen LogP contribution in [0.1, 0.15) is 24.9 Å². The molecular formula is C19H31Cl2FN4O. The van der Waals surface area contributed by atoms with Gasteiger partial charge in [0.05, 0.1) is 6.04 Å². The molecule has 2 heterocycles. The number of amides is 1. The molecule has 0 aromatic heterocycles. The zero-order valence-electron chi connectivity index (χ0n) is 15.9. The lowest BCUT2D eigenvalue weighted by Gasteiger charge is -2.38. The predicted molar refractivity (Wildman–Crippen MR) is 111 cm³/mol. The molecule has 1 aromatic rings. The number of benzene rings is 1. The van der Waals surface area contributed by atoms with Crippen molar-refractivity contribution < 1.29 is 9.18 Å². The first-order chi connectivity index (χ1) is 12.2. The molecule has 2 fully saturated rings. The Bertz CT molecular complexity index is 585. The van der Waals surface area contributed by atoms with Crippen LogP contribution < -0.4 is 5.32 Å². The molecule has 0 aliphatic carbocycles. The summed E-state index contributed by atoms with van der Waals surface area (Å²) in [5.41, 5.74) is 0.872. The van der Waals surface area contributed by atoms with Crippen molar-refractivity contribution >= 4 is 30.7 Å². The molecule has 1 unspecified atom stereocenters. The van der Waals surface area contributed by atoms with Crippen molar-refractivity contribution in [3.8, 4) is 0 Å². The maximum Gasteiger partial charge on any atom is 0.224 e. The summed E-state index contributed by atoms with van der Waals surface area (Å²) < 4.78 is 13.6. The molecule has 2 aliphatic rings. The van der Waals surface area contributed by atoms with Gasteiger partial charge in [-0.3, -0.25) is 4.79 Å². The van der Waals surface area contributed by atoms with Crippen LogP contribution in [0.5, 0.6) is 0 Å². The summed E-state index contributed by atoms with van der Waals surface area (Å²) in [7, 11) is 0. The fraction of sp³-hybridized carbons (Fsp3) is 0.632. The van der Waals surface area contributed by atoms with Gasteiger partial charge in [-0.1, -0.05) is 19.1 Å². The molecule has 5 nitrogen and oxygen atoms in total. The van der Waals surface area contributed by atoms with Crippen LogP contribution in [-0.4, -0.2) is 79.5 Å². The number of hydrogen-bond donors (Lipinski definition) is 1. The molecule has 3 rings (SSSR count). The summed E-state index contributed by atoms with van der Waals surface area (Å²) in [5, 5.41) is 3.32. The van der Waals surface area contributed by atoms with Gasteiger partial charge in [-0.25, -0.2) is 4.39 Å². The summed E-state index contributed by atoms with van der Waals surface area (Å²) in [5.74, 6) is -0.0713. The SMILES string of the molecule is CCN1CCN(CCC(=O)N2CCNCC2c2cccc(F)c2)CC1.Cl.Cl. The lowest BCUT2D eigenvalue weighted by molar-refractivity contribution is -0.135. The van der Waals surface area contributed by atoms with Gasteiger partial charge in [0.2, 0.25) is 5.91 Å². The molecule has 2 aliphatic heterocycles. The number of carbonyl (C=O) groups excluding carboxylic acids is 1. The van der Waals surface area contributed by atoms with Crippen molar-refractivity contribution in [3.63, 3.8) is 0 Å². The van der Waals surface area contributed by atoms with E-state index in [0.29, 0.717) is 19.5 Å². The molecule has 154 valence electrons. The van der Waals surface area contributed by atoms with Gasteiger partial charge < -0.3 is 20.0 Å². The average Bonchev–Trinajstić information content (AvgIpc) is 2.66. The van der Waals surface area contributed by atoms with Gasteiger partial charge in [0.1, 0.15) is 5.82 Å². The number of carbonyl (C=O) groups is 1. The van der Waals surface area contributed by atoms with E-state index in [1.54, 1.807) is 12.1 Å². The van der Waals surface area contributed by atoms with Gasteiger partial charge in [-0.15, -0.1) is 24.8 Å². The number of hydrogen-bond acceptors (Lipinski definition) is 4. The number of nitrogens with one attached hydrogen (secondary N) is 1. The van der Waals surface area contributed by atoms with Crippen molar-refractivity contribution in [3.05, 3.63) is 35.6 Å². The molecule has 8 heteroatoms. The fourth-order valence-corrected chi connectivity index (χ4v) is 3.74. The summed E-state index contributed by atoms with van der Waals surface area (Å²) in [6.07, 6.45) is 0.540. The number of nitrogens with zero attached hydrogens (tertiary/aromatic N) is 3. The van der Waals surface area contributed by atoms with Gasteiger partial charge in [0.15, 0.2) is 0 Å². The van der Waals surface area contributed by atoms with Crippen LogP contribution in [0.4, 0.5) is 4.39 Å². The Labute approximate surface area is 174 Å². The smallest absolute Gasteiger partial charge is 0.224 e. The Morgan fingerprint density at radius 3 is 2.52 bits per heavy atom. The second-order valence-electron chi connectivity index (χ2n) is 6.89. The highest BCUT2D eigenvalue weighted by atomic mass is 35.5. The zero-order valence-corrected chi connectivity index (χ0v) is 17.5. The van der Waals surface area contributed by atoms with Gasteiger partial charge in [-0.2, -0.15) is 0 Å². The lowest BCUT2D eigenvalue weighted by Crippen LogP contribution is -2.50. The van der Waals surface area contributed by atoms with E-state index < -0.39 is 0 Å². The zero-order chi connectivity index (χ0) is 17.6. The van der Waals surface area contributed by atoms with E-state index in [2.05, 4.69) is 22.0 Å².